The first-order valence-electron chi connectivity index (χ1n) is 14.2. The zero-order chi connectivity index (χ0) is 32.8. The van der Waals surface area contributed by atoms with E-state index >= 15 is 0 Å². The van der Waals surface area contributed by atoms with E-state index in [1.54, 1.807) is 45.0 Å². The molecule has 1 aliphatic rings. The first-order valence-corrected chi connectivity index (χ1v) is 14.2. The van der Waals surface area contributed by atoms with Crippen LogP contribution in [0.5, 0.6) is 0 Å². The lowest BCUT2D eigenvalue weighted by Crippen LogP contribution is -2.50. The molecule has 0 aliphatic heterocycles. The van der Waals surface area contributed by atoms with Gasteiger partial charge >= 0.3 is 12.2 Å². The number of carbonyl (C=O) groups excluding carboxylic acids is 4. The van der Waals surface area contributed by atoms with Crippen molar-refractivity contribution in [3.63, 3.8) is 0 Å². The second-order valence-electron chi connectivity index (χ2n) is 10.9. The Hall–Kier alpha value is -5.38. The normalized spacial score (nSPS) is 11.9. The Bertz CT molecular complexity index is 1560. The highest BCUT2D eigenvalue weighted by Crippen LogP contribution is 2.44. The molecule has 3 aromatic rings. The van der Waals surface area contributed by atoms with Crippen LogP contribution in [0, 0.1) is 24.2 Å². The second-order valence-corrected chi connectivity index (χ2v) is 10.9. The van der Waals surface area contributed by atoms with Crippen LogP contribution >= 0.6 is 0 Å². The number of hydrogen-bond donors (Lipinski definition) is 2. The number of alkyl carbamates (subject to hydrolysis) is 2. The van der Waals surface area contributed by atoms with Gasteiger partial charge in [-0.25, -0.2) is 9.59 Å². The van der Waals surface area contributed by atoms with Gasteiger partial charge in [-0.05, 0) is 67.0 Å². The molecule has 1 aliphatic carbocycles. The van der Waals surface area contributed by atoms with Crippen LogP contribution in [0.1, 0.15) is 53.7 Å². The fraction of sp³-hybridized carbons (Fsp3) is 0.278. The Morgan fingerprint density at radius 2 is 1.53 bits per heavy atom. The summed E-state index contributed by atoms with van der Waals surface area (Å²) in [6.07, 6.45) is 4.30. The highest BCUT2D eigenvalue weighted by molar-refractivity contribution is 5.89. The molecular weight excluding hydrogens is 572 g/mol. The SMILES string of the molecule is C#CC#Cc1ccc(C=O)cc1.COCC(=O)[C@H](CNC(=O)OC(C)(C)C)NC(=O)OCC1c2ccccc2-c2ccccc21. The van der Waals surface area contributed by atoms with E-state index in [2.05, 4.69) is 40.5 Å². The molecule has 0 unspecified atom stereocenters. The minimum absolute atomic E-state index is 0.101. The van der Waals surface area contributed by atoms with Crippen molar-refractivity contribution in [2.45, 2.75) is 38.3 Å². The number of amides is 2. The molecule has 0 heterocycles. The average molecular weight is 609 g/mol. The molecule has 0 aromatic heterocycles. The number of fused-ring (bicyclic) bond motifs is 3. The lowest BCUT2D eigenvalue weighted by molar-refractivity contribution is -0.124. The number of benzene rings is 3. The summed E-state index contributed by atoms with van der Waals surface area (Å²) >= 11 is 0. The Morgan fingerprint density at radius 1 is 0.933 bits per heavy atom. The number of Topliss-reactive ketones (excluding diaryl/α,β-unsaturated/α-hetero) is 1. The molecule has 2 amide bonds. The number of methoxy groups -OCH3 is 1. The maximum Gasteiger partial charge on any atom is 0.407 e. The maximum atomic E-state index is 12.5. The van der Waals surface area contributed by atoms with E-state index < -0.39 is 29.6 Å². The number of terminal acetylenes is 1. The van der Waals surface area contributed by atoms with Crippen LogP contribution in [-0.2, 0) is 19.0 Å². The third kappa shape index (κ3) is 10.4. The molecule has 0 radical (unpaired) electrons. The first-order chi connectivity index (χ1) is 21.6. The zero-order valence-corrected chi connectivity index (χ0v) is 25.7. The number of rotatable bonds is 9. The van der Waals surface area contributed by atoms with Gasteiger partial charge in [-0.2, -0.15) is 0 Å². The van der Waals surface area contributed by atoms with Crippen LogP contribution in [0.2, 0.25) is 0 Å². The zero-order valence-electron chi connectivity index (χ0n) is 25.7. The summed E-state index contributed by atoms with van der Waals surface area (Å²) in [6.45, 7) is 4.94. The topological polar surface area (TPSA) is 120 Å². The molecule has 0 saturated heterocycles. The van der Waals surface area contributed by atoms with E-state index in [4.69, 9.17) is 20.6 Å². The van der Waals surface area contributed by atoms with Crippen LogP contribution in [0.3, 0.4) is 0 Å². The van der Waals surface area contributed by atoms with Crippen molar-refractivity contribution in [2.24, 2.45) is 0 Å². The first kappa shape index (κ1) is 34.1. The van der Waals surface area contributed by atoms with Gasteiger partial charge in [0.05, 0.1) is 0 Å². The van der Waals surface area contributed by atoms with Crippen molar-refractivity contribution in [1.82, 2.24) is 10.6 Å². The standard InChI is InChI=1S/C25H30N2O6.C11H6O/c1-25(2,3)33-23(29)26-13-21(22(28)15-31-4)27-24(30)32-14-20-18-11-7-5-9-16(18)17-10-6-8-12-19(17)20;1-2-3-4-10-5-7-11(9-12)8-6-10/h5-12,20-21H,13-15H2,1-4H3,(H,26,29)(H,27,30);1,5-9H/t21-;/m0./s1. The second kappa shape index (κ2) is 16.5. The predicted octanol–water partition coefficient (Wildman–Crippen LogP) is 5.12. The summed E-state index contributed by atoms with van der Waals surface area (Å²) in [4.78, 5) is 47.1. The molecule has 0 saturated carbocycles. The monoisotopic (exact) mass is 608 g/mol. The van der Waals surface area contributed by atoms with E-state index in [0.29, 0.717) is 5.56 Å². The van der Waals surface area contributed by atoms with E-state index in [1.807, 2.05) is 36.4 Å². The molecule has 0 bridgehead atoms. The Morgan fingerprint density at radius 3 is 2.07 bits per heavy atom. The molecule has 2 N–H and O–H groups in total. The summed E-state index contributed by atoms with van der Waals surface area (Å²) < 4.78 is 15.6. The number of ether oxygens (including phenoxy) is 3. The van der Waals surface area contributed by atoms with Gasteiger partial charge in [0.2, 0.25) is 0 Å². The van der Waals surface area contributed by atoms with Gasteiger partial charge in [0.15, 0.2) is 5.78 Å². The van der Waals surface area contributed by atoms with Crippen LogP contribution in [0.15, 0.2) is 72.8 Å². The predicted molar refractivity (Wildman–Crippen MR) is 171 cm³/mol. The summed E-state index contributed by atoms with van der Waals surface area (Å²) in [6, 6.07) is 21.9. The van der Waals surface area contributed by atoms with E-state index in [1.165, 1.54) is 7.11 Å². The van der Waals surface area contributed by atoms with Gasteiger partial charge in [0.25, 0.3) is 0 Å². The van der Waals surface area contributed by atoms with Gasteiger partial charge in [-0.3, -0.25) is 9.59 Å². The summed E-state index contributed by atoms with van der Waals surface area (Å²) in [5.74, 6) is 6.95. The number of hydrogen-bond acceptors (Lipinski definition) is 7. The molecule has 45 heavy (non-hydrogen) atoms. The van der Waals surface area contributed by atoms with Crippen LogP contribution < -0.4 is 10.6 Å². The van der Waals surface area contributed by atoms with Gasteiger partial charge in [0.1, 0.15) is 31.1 Å². The molecule has 9 nitrogen and oxygen atoms in total. The number of ketones is 1. The van der Waals surface area contributed by atoms with Gasteiger partial charge in [-0.15, -0.1) is 6.42 Å². The molecule has 4 rings (SSSR count). The molecule has 232 valence electrons. The molecule has 1 atom stereocenters. The van der Waals surface area contributed by atoms with Gasteiger partial charge in [-0.1, -0.05) is 66.6 Å². The smallest absolute Gasteiger partial charge is 0.407 e. The Balaban J connectivity index is 0.000000385. The van der Waals surface area contributed by atoms with Crippen LogP contribution in [-0.4, -0.2) is 62.8 Å². The van der Waals surface area contributed by atoms with Gasteiger partial charge < -0.3 is 24.8 Å². The van der Waals surface area contributed by atoms with Crippen molar-refractivity contribution in [3.05, 3.63) is 95.1 Å². The number of carbonyl (C=O) groups is 4. The fourth-order valence-corrected chi connectivity index (χ4v) is 4.52. The third-order valence-electron chi connectivity index (χ3n) is 6.49. The summed E-state index contributed by atoms with van der Waals surface area (Å²) in [5, 5.41) is 5.03. The highest BCUT2D eigenvalue weighted by Gasteiger charge is 2.30. The lowest BCUT2D eigenvalue weighted by Gasteiger charge is -2.22. The van der Waals surface area contributed by atoms with E-state index in [-0.39, 0.29) is 25.7 Å². The minimum Gasteiger partial charge on any atom is -0.449 e. The highest BCUT2D eigenvalue weighted by atomic mass is 16.6. The molecule has 0 spiro atoms. The van der Waals surface area contributed by atoms with E-state index in [0.717, 1.165) is 34.1 Å². The van der Waals surface area contributed by atoms with Crippen molar-refractivity contribution in [1.29, 1.82) is 0 Å². The fourth-order valence-electron chi connectivity index (χ4n) is 4.52. The number of nitrogens with one attached hydrogen (secondary N) is 2. The van der Waals surface area contributed by atoms with Crippen molar-refractivity contribution in [2.75, 3.05) is 26.9 Å². The minimum atomic E-state index is -1.02. The summed E-state index contributed by atoms with van der Waals surface area (Å²) in [7, 11) is 1.38. The number of aldehydes is 1. The average Bonchev–Trinajstić information content (AvgIpc) is 3.34. The Labute approximate surface area is 263 Å². The molecular formula is C36H36N2O7. The summed E-state index contributed by atoms with van der Waals surface area (Å²) in [5.41, 5.74) is 5.19. The van der Waals surface area contributed by atoms with Crippen molar-refractivity contribution < 1.29 is 33.4 Å². The maximum absolute atomic E-state index is 12.5. The third-order valence-corrected chi connectivity index (χ3v) is 6.49. The van der Waals surface area contributed by atoms with Crippen molar-refractivity contribution >= 4 is 24.3 Å². The van der Waals surface area contributed by atoms with Crippen LogP contribution in [0.4, 0.5) is 9.59 Å². The van der Waals surface area contributed by atoms with E-state index in [9.17, 15) is 19.2 Å². The van der Waals surface area contributed by atoms with Gasteiger partial charge in [0, 0.05) is 30.7 Å². The molecule has 9 heteroatoms. The molecule has 3 aromatic carbocycles. The lowest BCUT2D eigenvalue weighted by atomic mass is 9.98. The quantitative estimate of drug-likeness (QED) is 0.256. The molecule has 0 fully saturated rings. The largest absolute Gasteiger partial charge is 0.449 e. The Kier molecular flexibility index (Phi) is 12.5. The van der Waals surface area contributed by atoms with Crippen molar-refractivity contribution in [3.8, 4) is 35.3 Å². The van der Waals surface area contributed by atoms with Crippen LogP contribution in [0.25, 0.3) is 11.1 Å².